The molecule has 0 saturated heterocycles. The quantitative estimate of drug-likeness (QED) is 0.701. The molecule has 33 heavy (non-hydrogen) atoms. The van der Waals surface area contributed by atoms with Crippen molar-refractivity contribution in [1.82, 2.24) is 15.5 Å². The van der Waals surface area contributed by atoms with Crippen molar-refractivity contribution >= 4 is 17.7 Å². The van der Waals surface area contributed by atoms with Crippen molar-refractivity contribution in [2.75, 3.05) is 32.8 Å². The number of rotatable bonds is 1. The summed E-state index contributed by atoms with van der Waals surface area (Å²) in [6, 6.07) is 13.6. The zero-order valence-electron chi connectivity index (χ0n) is 19.1. The van der Waals surface area contributed by atoms with Crippen molar-refractivity contribution in [2.24, 2.45) is 0 Å². The predicted molar refractivity (Wildman–Crippen MR) is 125 cm³/mol. The van der Waals surface area contributed by atoms with Gasteiger partial charge in [-0.2, -0.15) is 0 Å². The van der Waals surface area contributed by atoms with Crippen LogP contribution in [-0.2, 0) is 16.0 Å². The smallest absolute Gasteiger partial charge is 0.255 e. The number of carbonyl (C=O) groups is 3. The summed E-state index contributed by atoms with van der Waals surface area (Å²) >= 11 is 0. The summed E-state index contributed by atoms with van der Waals surface area (Å²) in [6.07, 6.45) is 2.61. The molecule has 0 radical (unpaired) electrons. The van der Waals surface area contributed by atoms with Crippen LogP contribution in [0.5, 0.6) is 5.75 Å². The second-order valence-electron chi connectivity index (χ2n) is 8.67. The van der Waals surface area contributed by atoms with Crippen LogP contribution in [0.1, 0.15) is 52.2 Å². The van der Waals surface area contributed by atoms with E-state index in [1.165, 1.54) is 5.56 Å². The van der Waals surface area contributed by atoms with Gasteiger partial charge in [0, 0.05) is 26.1 Å². The summed E-state index contributed by atoms with van der Waals surface area (Å²) < 4.78 is 5.76. The third-order valence-corrected chi connectivity index (χ3v) is 6.30. The highest BCUT2D eigenvalue weighted by Crippen LogP contribution is 2.34. The van der Waals surface area contributed by atoms with Gasteiger partial charge in [-0.25, -0.2) is 0 Å². The van der Waals surface area contributed by atoms with Gasteiger partial charge >= 0.3 is 0 Å². The van der Waals surface area contributed by atoms with Gasteiger partial charge in [0.25, 0.3) is 5.91 Å². The number of amides is 3. The van der Waals surface area contributed by atoms with Crippen LogP contribution in [0.15, 0.2) is 42.5 Å². The number of nitrogens with one attached hydrogen (secondary N) is 2. The maximum Gasteiger partial charge on any atom is 0.255 e. The fourth-order valence-corrected chi connectivity index (χ4v) is 4.58. The van der Waals surface area contributed by atoms with E-state index in [0.29, 0.717) is 50.3 Å². The number of fused-ring (bicyclic) bond motifs is 2. The van der Waals surface area contributed by atoms with Crippen LogP contribution in [0.3, 0.4) is 0 Å². The van der Waals surface area contributed by atoms with Crippen molar-refractivity contribution in [2.45, 2.75) is 38.5 Å². The highest BCUT2D eigenvalue weighted by atomic mass is 16.5. The van der Waals surface area contributed by atoms with E-state index in [0.717, 1.165) is 24.0 Å². The molecular formula is C26H31N3O4. The van der Waals surface area contributed by atoms with Crippen LogP contribution in [-0.4, -0.2) is 55.4 Å². The summed E-state index contributed by atoms with van der Waals surface area (Å²) in [5.41, 5.74) is 3.74. The SMILES string of the molecule is Cc1ccc2c(c1)C(=O)NCCN(C(=O)C1CCc3ccccc31)CCCC(=O)NCCO2. The lowest BCUT2D eigenvalue weighted by atomic mass is 9.99. The monoisotopic (exact) mass is 449 g/mol. The third kappa shape index (κ3) is 5.53. The molecule has 2 N–H and O–H groups in total. The Kier molecular flexibility index (Phi) is 7.27. The predicted octanol–water partition coefficient (Wildman–Crippen LogP) is 2.57. The molecule has 0 spiro atoms. The molecule has 0 saturated carbocycles. The zero-order chi connectivity index (χ0) is 23.2. The van der Waals surface area contributed by atoms with Gasteiger partial charge in [-0.1, -0.05) is 35.9 Å². The molecule has 174 valence electrons. The van der Waals surface area contributed by atoms with Crippen LogP contribution < -0.4 is 15.4 Å². The average molecular weight is 450 g/mol. The highest BCUT2D eigenvalue weighted by Gasteiger charge is 2.31. The molecule has 7 nitrogen and oxygen atoms in total. The van der Waals surface area contributed by atoms with Crippen LogP contribution in [0, 0.1) is 6.92 Å². The lowest BCUT2D eigenvalue weighted by molar-refractivity contribution is -0.133. The van der Waals surface area contributed by atoms with Gasteiger partial charge < -0.3 is 20.3 Å². The van der Waals surface area contributed by atoms with E-state index in [1.807, 2.05) is 31.2 Å². The Hall–Kier alpha value is -3.35. The number of benzene rings is 2. The van der Waals surface area contributed by atoms with Crippen molar-refractivity contribution in [3.63, 3.8) is 0 Å². The second-order valence-corrected chi connectivity index (χ2v) is 8.67. The van der Waals surface area contributed by atoms with E-state index in [4.69, 9.17) is 4.74 Å². The fourth-order valence-electron chi connectivity index (χ4n) is 4.58. The Morgan fingerprint density at radius 2 is 1.88 bits per heavy atom. The minimum absolute atomic E-state index is 0.0644. The normalized spacial score (nSPS) is 19.8. The molecule has 3 amide bonds. The number of nitrogens with zero attached hydrogens (tertiary/aromatic N) is 1. The van der Waals surface area contributed by atoms with E-state index >= 15 is 0 Å². The molecular weight excluding hydrogens is 418 g/mol. The summed E-state index contributed by atoms with van der Waals surface area (Å²) in [4.78, 5) is 40.4. The Morgan fingerprint density at radius 1 is 1.03 bits per heavy atom. The number of hydrogen-bond acceptors (Lipinski definition) is 4. The maximum absolute atomic E-state index is 13.5. The Bertz CT molecular complexity index is 1040. The molecule has 0 aromatic heterocycles. The summed E-state index contributed by atoms with van der Waals surface area (Å²) in [5.74, 6) is 0.0948. The van der Waals surface area contributed by atoms with Gasteiger partial charge in [-0.3, -0.25) is 14.4 Å². The number of ether oxygens (including phenoxy) is 1. The van der Waals surface area contributed by atoms with Gasteiger partial charge in [-0.15, -0.1) is 0 Å². The van der Waals surface area contributed by atoms with Crippen molar-refractivity contribution < 1.29 is 19.1 Å². The van der Waals surface area contributed by atoms with Gasteiger partial charge in [0.05, 0.1) is 18.0 Å². The van der Waals surface area contributed by atoms with Crippen LogP contribution in [0.2, 0.25) is 0 Å². The molecule has 2 aromatic carbocycles. The van der Waals surface area contributed by atoms with Gasteiger partial charge in [0.15, 0.2) is 0 Å². The molecule has 1 heterocycles. The highest BCUT2D eigenvalue weighted by molar-refractivity contribution is 5.97. The van der Waals surface area contributed by atoms with Crippen LogP contribution in [0.4, 0.5) is 0 Å². The number of carbonyl (C=O) groups excluding carboxylic acids is 3. The number of hydrogen-bond donors (Lipinski definition) is 2. The molecule has 7 heteroatoms. The summed E-state index contributed by atoms with van der Waals surface area (Å²) in [5, 5.41) is 5.79. The summed E-state index contributed by atoms with van der Waals surface area (Å²) in [7, 11) is 0. The zero-order valence-corrected chi connectivity index (χ0v) is 19.1. The average Bonchev–Trinajstić information content (AvgIpc) is 3.24. The Labute approximate surface area is 194 Å². The standard InChI is InChI=1S/C26H31N3O4/c1-18-8-11-23-22(17-18)25(31)28-12-15-29(14-4-7-24(30)27-13-16-33-23)26(32)21-10-9-19-5-2-3-6-20(19)21/h2-3,5-6,8,11,17,21H,4,7,9-10,12-16H2,1H3,(H,27,30)(H,28,31). The van der Waals surface area contributed by atoms with E-state index in [2.05, 4.69) is 16.7 Å². The number of aryl methyl sites for hydroxylation is 2. The lowest BCUT2D eigenvalue weighted by Gasteiger charge is -2.26. The third-order valence-electron chi connectivity index (χ3n) is 6.30. The molecule has 1 atom stereocenters. The lowest BCUT2D eigenvalue weighted by Crippen LogP contribution is -2.41. The minimum Gasteiger partial charge on any atom is -0.491 e. The molecule has 0 fully saturated rings. The van der Waals surface area contributed by atoms with Crippen LogP contribution in [0.25, 0.3) is 0 Å². The van der Waals surface area contributed by atoms with Gasteiger partial charge in [0.1, 0.15) is 12.4 Å². The van der Waals surface area contributed by atoms with E-state index < -0.39 is 0 Å². The Morgan fingerprint density at radius 3 is 2.76 bits per heavy atom. The first-order chi connectivity index (χ1) is 16.0. The first-order valence-electron chi connectivity index (χ1n) is 11.7. The first kappa shape index (κ1) is 22.8. The van der Waals surface area contributed by atoms with Crippen molar-refractivity contribution in [3.8, 4) is 5.75 Å². The maximum atomic E-state index is 13.5. The minimum atomic E-state index is -0.230. The van der Waals surface area contributed by atoms with Gasteiger partial charge in [0.2, 0.25) is 11.8 Å². The fraction of sp³-hybridized carbons (Fsp3) is 0.423. The molecule has 1 aliphatic carbocycles. The molecule has 4 rings (SSSR count). The van der Waals surface area contributed by atoms with Crippen LogP contribution >= 0.6 is 0 Å². The molecule has 0 bridgehead atoms. The van der Waals surface area contributed by atoms with E-state index in [9.17, 15) is 14.4 Å². The van der Waals surface area contributed by atoms with E-state index in [1.54, 1.807) is 17.0 Å². The molecule has 2 aromatic rings. The molecule has 1 unspecified atom stereocenters. The Balaban J connectivity index is 1.50. The van der Waals surface area contributed by atoms with Crippen molar-refractivity contribution in [1.29, 1.82) is 0 Å². The first-order valence-corrected chi connectivity index (χ1v) is 11.7. The molecule has 2 aliphatic rings. The van der Waals surface area contributed by atoms with E-state index in [-0.39, 0.29) is 30.2 Å². The van der Waals surface area contributed by atoms with Gasteiger partial charge in [-0.05, 0) is 49.4 Å². The summed E-state index contributed by atoms with van der Waals surface area (Å²) in [6.45, 7) is 3.76. The second kappa shape index (κ2) is 10.5. The molecule has 1 aliphatic heterocycles. The topological polar surface area (TPSA) is 87.7 Å². The largest absolute Gasteiger partial charge is 0.491 e. The van der Waals surface area contributed by atoms with Crippen molar-refractivity contribution in [3.05, 3.63) is 64.7 Å².